The number of β-amino-alcohol motifs (C(OH)–C–C–N with tert-alkyl or cyclic N) is 1. The molecule has 6 heteroatoms. The van der Waals surface area contributed by atoms with Gasteiger partial charge in [0.2, 0.25) is 5.91 Å². The second-order valence-corrected chi connectivity index (χ2v) is 5.71. The Morgan fingerprint density at radius 1 is 1.38 bits per heavy atom. The van der Waals surface area contributed by atoms with E-state index >= 15 is 0 Å². The second-order valence-electron chi connectivity index (χ2n) is 5.27. The first kappa shape index (κ1) is 15.8. The number of carbonyl (C=O) groups excluding carboxylic acids is 1. The fourth-order valence-corrected chi connectivity index (χ4v) is 2.76. The van der Waals surface area contributed by atoms with E-state index in [0.29, 0.717) is 30.8 Å². The van der Waals surface area contributed by atoms with Gasteiger partial charge in [-0.3, -0.25) is 9.59 Å². The summed E-state index contributed by atoms with van der Waals surface area (Å²) in [5, 5.41) is 19.4. The number of halogens is 1. The van der Waals surface area contributed by atoms with Gasteiger partial charge in [-0.15, -0.1) is 0 Å². The minimum atomic E-state index is -1.01. The van der Waals surface area contributed by atoms with Gasteiger partial charge in [0, 0.05) is 24.5 Å². The average molecular weight is 312 g/mol. The first-order chi connectivity index (χ1) is 9.97. The number of likely N-dealkylation sites (tertiary alicyclic amines) is 1. The number of carbonyl (C=O) groups is 2. The van der Waals surface area contributed by atoms with Crippen LogP contribution in [0.5, 0.6) is 0 Å². The maximum absolute atomic E-state index is 12.1. The Labute approximate surface area is 128 Å². The number of aliphatic hydroxyl groups is 1. The number of hydrogen-bond donors (Lipinski definition) is 2. The van der Waals surface area contributed by atoms with Crippen LogP contribution in [0.1, 0.15) is 18.4 Å². The summed E-state index contributed by atoms with van der Waals surface area (Å²) in [6.45, 7) is 0.466. The molecule has 114 valence electrons. The maximum atomic E-state index is 12.1. The van der Waals surface area contributed by atoms with Crippen molar-refractivity contribution in [3.05, 3.63) is 34.9 Å². The van der Waals surface area contributed by atoms with Crippen LogP contribution in [0.25, 0.3) is 0 Å². The van der Waals surface area contributed by atoms with Gasteiger partial charge in [-0.1, -0.05) is 23.7 Å². The van der Waals surface area contributed by atoms with Crippen molar-refractivity contribution in [2.24, 2.45) is 5.92 Å². The number of aliphatic hydroxyl groups excluding tert-OH is 1. The molecule has 2 atom stereocenters. The molecule has 0 bridgehead atoms. The summed E-state index contributed by atoms with van der Waals surface area (Å²) in [6.07, 6.45) is 0.199. The molecule has 1 fully saturated rings. The van der Waals surface area contributed by atoms with Crippen molar-refractivity contribution in [2.75, 3.05) is 13.1 Å². The molecule has 0 aliphatic carbocycles. The quantitative estimate of drug-likeness (QED) is 0.884. The predicted octanol–water partition coefficient (Wildman–Crippen LogP) is 1.57. The van der Waals surface area contributed by atoms with Crippen LogP contribution >= 0.6 is 11.6 Å². The Bertz CT molecular complexity index is 534. The molecule has 1 amide bonds. The molecule has 21 heavy (non-hydrogen) atoms. The lowest BCUT2D eigenvalue weighted by molar-refractivity contribution is -0.152. The van der Waals surface area contributed by atoms with E-state index in [1.165, 1.54) is 4.90 Å². The van der Waals surface area contributed by atoms with E-state index in [0.717, 1.165) is 5.56 Å². The number of hydrogen-bond acceptors (Lipinski definition) is 3. The third kappa shape index (κ3) is 4.19. The molecular weight excluding hydrogens is 294 g/mol. The molecule has 1 aliphatic rings. The third-order valence-corrected chi connectivity index (χ3v) is 4.00. The van der Waals surface area contributed by atoms with E-state index in [1.54, 1.807) is 6.07 Å². The monoisotopic (exact) mass is 311 g/mol. The standard InChI is InChI=1S/C15H18ClNO4/c16-11-3-1-2-10(8-11)4-5-14(19)17-7-6-12(15(20)21)13(18)9-17/h1-3,8,12-13,18H,4-7,9H2,(H,20,21)/t12-,13+/m0/s1. The van der Waals surface area contributed by atoms with Gasteiger partial charge in [0.05, 0.1) is 12.0 Å². The Balaban J connectivity index is 1.86. The van der Waals surface area contributed by atoms with Crippen molar-refractivity contribution in [1.82, 2.24) is 4.90 Å². The third-order valence-electron chi connectivity index (χ3n) is 3.77. The fourth-order valence-electron chi connectivity index (χ4n) is 2.55. The molecule has 5 nitrogen and oxygen atoms in total. The highest BCUT2D eigenvalue weighted by atomic mass is 35.5. The SMILES string of the molecule is O=C(O)[C@H]1CCN(C(=O)CCc2cccc(Cl)c2)C[C@H]1O. The molecule has 0 unspecified atom stereocenters. The van der Waals surface area contributed by atoms with Crippen LogP contribution in [-0.2, 0) is 16.0 Å². The van der Waals surface area contributed by atoms with Crippen LogP contribution in [0.15, 0.2) is 24.3 Å². The van der Waals surface area contributed by atoms with Crippen molar-refractivity contribution in [3.8, 4) is 0 Å². The van der Waals surface area contributed by atoms with Gasteiger partial charge < -0.3 is 15.1 Å². The van der Waals surface area contributed by atoms with Gasteiger partial charge in [0.25, 0.3) is 0 Å². The summed E-state index contributed by atoms with van der Waals surface area (Å²) < 4.78 is 0. The van der Waals surface area contributed by atoms with Crippen LogP contribution in [0.2, 0.25) is 5.02 Å². The van der Waals surface area contributed by atoms with Crippen molar-refractivity contribution in [3.63, 3.8) is 0 Å². The first-order valence-corrected chi connectivity index (χ1v) is 7.28. The molecule has 1 heterocycles. The van der Waals surface area contributed by atoms with E-state index in [1.807, 2.05) is 18.2 Å². The number of piperidine rings is 1. The largest absolute Gasteiger partial charge is 0.481 e. The Morgan fingerprint density at radius 2 is 2.14 bits per heavy atom. The van der Waals surface area contributed by atoms with Gasteiger partial charge in [0.1, 0.15) is 0 Å². The predicted molar refractivity (Wildman–Crippen MR) is 78.1 cm³/mol. The van der Waals surface area contributed by atoms with Gasteiger partial charge in [-0.2, -0.15) is 0 Å². The molecule has 0 spiro atoms. The minimum Gasteiger partial charge on any atom is -0.481 e. The highest BCUT2D eigenvalue weighted by molar-refractivity contribution is 6.30. The van der Waals surface area contributed by atoms with E-state index in [2.05, 4.69) is 0 Å². The lowest BCUT2D eigenvalue weighted by Crippen LogP contribution is -2.48. The number of nitrogens with zero attached hydrogens (tertiary/aromatic N) is 1. The topological polar surface area (TPSA) is 77.8 Å². The van der Waals surface area contributed by atoms with Crippen LogP contribution in [0.3, 0.4) is 0 Å². The molecule has 1 aromatic carbocycles. The van der Waals surface area contributed by atoms with Crippen LogP contribution < -0.4 is 0 Å². The lowest BCUT2D eigenvalue weighted by Gasteiger charge is -2.34. The highest BCUT2D eigenvalue weighted by Crippen LogP contribution is 2.19. The highest BCUT2D eigenvalue weighted by Gasteiger charge is 2.34. The lowest BCUT2D eigenvalue weighted by atomic mass is 9.93. The van der Waals surface area contributed by atoms with Crippen molar-refractivity contribution < 1.29 is 19.8 Å². The molecule has 1 aliphatic heterocycles. The van der Waals surface area contributed by atoms with Crippen LogP contribution in [-0.4, -0.2) is 46.2 Å². The number of amides is 1. The molecular formula is C15H18ClNO4. The van der Waals surface area contributed by atoms with Gasteiger partial charge in [-0.25, -0.2) is 0 Å². The van der Waals surface area contributed by atoms with Crippen molar-refractivity contribution >= 4 is 23.5 Å². The molecule has 2 rings (SSSR count). The number of carboxylic acid groups (broad SMARTS) is 1. The second kappa shape index (κ2) is 6.91. The Morgan fingerprint density at radius 3 is 2.76 bits per heavy atom. The average Bonchev–Trinajstić information content (AvgIpc) is 2.44. The summed E-state index contributed by atoms with van der Waals surface area (Å²) in [5.41, 5.74) is 0.983. The van der Waals surface area contributed by atoms with Crippen LogP contribution in [0, 0.1) is 5.92 Å². The number of benzene rings is 1. The zero-order valence-electron chi connectivity index (χ0n) is 11.5. The number of rotatable bonds is 4. The van der Waals surface area contributed by atoms with Gasteiger partial charge >= 0.3 is 5.97 Å². The normalized spacial score (nSPS) is 22.1. The maximum Gasteiger partial charge on any atom is 0.309 e. The fraction of sp³-hybridized carbons (Fsp3) is 0.467. The van der Waals surface area contributed by atoms with E-state index in [9.17, 15) is 14.7 Å². The van der Waals surface area contributed by atoms with E-state index in [4.69, 9.17) is 16.7 Å². The summed E-state index contributed by atoms with van der Waals surface area (Å²) in [6, 6.07) is 7.34. The zero-order valence-corrected chi connectivity index (χ0v) is 12.3. The zero-order chi connectivity index (χ0) is 15.4. The number of aryl methyl sites for hydroxylation is 1. The molecule has 0 aromatic heterocycles. The molecule has 1 aromatic rings. The number of carboxylic acids is 1. The van der Waals surface area contributed by atoms with E-state index < -0.39 is 18.0 Å². The summed E-state index contributed by atoms with van der Waals surface area (Å²) >= 11 is 5.89. The van der Waals surface area contributed by atoms with Gasteiger partial charge in [0.15, 0.2) is 0 Å². The van der Waals surface area contributed by atoms with Gasteiger partial charge in [-0.05, 0) is 30.5 Å². The molecule has 0 saturated carbocycles. The molecule has 1 saturated heterocycles. The van der Waals surface area contributed by atoms with E-state index in [-0.39, 0.29) is 12.5 Å². The summed E-state index contributed by atoms with van der Waals surface area (Å²) in [5.74, 6) is -1.85. The first-order valence-electron chi connectivity index (χ1n) is 6.90. The molecule has 2 N–H and O–H groups in total. The van der Waals surface area contributed by atoms with Crippen molar-refractivity contribution in [2.45, 2.75) is 25.4 Å². The minimum absolute atomic E-state index is 0.0714. The Hall–Kier alpha value is -1.59. The smallest absolute Gasteiger partial charge is 0.309 e. The summed E-state index contributed by atoms with van der Waals surface area (Å²) in [7, 11) is 0. The summed E-state index contributed by atoms with van der Waals surface area (Å²) in [4.78, 5) is 24.6. The number of aliphatic carboxylic acids is 1. The molecule has 0 radical (unpaired) electrons. The Kier molecular flexibility index (Phi) is 5.20. The van der Waals surface area contributed by atoms with Crippen molar-refractivity contribution in [1.29, 1.82) is 0 Å². The van der Waals surface area contributed by atoms with Crippen LogP contribution in [0.4, 0.5) is 0 Å².